The van der Waals surface area contributed by atoms with Crippen LogP contribution in [0.25, 0.3) is 0 Å². The van der Waals surface area contributed by atoms with Gasteiger partial charge in [0, 0.05) is 0 Å². The molecule has 0 bridgehead atoms. The van der Waals surface area contributed by atoms with Gasteiger partial charge in [0.15, 0.2) is 0 Å². The Kier molecular flexibility index (Phi) is 17.8. The molecule has 0 aromatic heterocycles. The molecule has 0 heterocycles. The van der Waals surface area contributed by atoms with Crippen LogP contribution >= 0.6 is 0 Å². The van der Waals surface area contributed by atoms with Gasteiger partial charge in [0.2, 0.25) is 0 Å². The van der Waals surface area contributed by atoms with E-state index in [4.69, 9.17) is 0 Å². The molecule has 0 spiro atoms. The van der Waals surface area contributed by atoms with E-state index in [-0.39, 0.29) is 0 Å². The molecule has 1 aliphatic carbocycles. The summed E-state index contributed by atoms with van der Waals surface area (Å²) in [6.45, 7) is 24.2. The fourth-order valence-corrected chi connectivity index (χ4v) is 10.2. The van der Waals surface area contributed by atoms with Gasteiger partial charge >= 0.3 is 95.4 Å². The first kappa shape index (κ1) is 30.8. The third kappa shape index (κ3) is 24.1. The molecule has 1 rings (SSSR count). The first-order valence-corrected chi connectivity index (χ1v) is 12.0. The molecule has 26 heavy (non-hydrogen) atoms. The summed E-state index contributed by atoms with van der Waals surface area (Å²) in [7, 11) is 0. The first-order valence-electron chi connectivity index (χ1n) is 9.64. The van der Waals surface area contributed by atoms with Crippen LogP contribution in [-0.4, -0.2) is 18.3 Å². The van der Waals surface area contributed by atoms with Crippen LogP contribution in [0.1, 0.15) is 89.5 Å². The van der Waals surface area contributed by atoms with Gasteiger partial charge in [-0.05, 0) is 0 Å². The molecule has 1 aliphatic rings. The summed E-state index contributed by atoms with van der Waals surface area (Å²) in [5, 5.41) is 28.6. The Morgan fingerprint density at radius 3 is 1.15 bits per heavy atom. The summed E-state index contributed by atoms with van der Waals surface area (Å²) in [6, 6.07) is 0. The Bertz CT molecular complexity index is 347. The van der Waals surface area contributed by atoms with E-state index in [0.29, 0.717) is 7.44 Å². The minimum absolute atomic E-state index is 0.417. The molecule has 0 radical (unpaired) electrons. The number of allylic oxidation sites excluding steroid dienone is 4. The van der Waals surface area contributed by atoms with Crippen LogP contribution in [0, 0.1) is 0 Å². The first-order chi connectivity index (χ1) is 11.4. The van der Waals surface area contributed by atoms with Gasteiger partial charge in [-0.15, -0.1) is 18.3 Å². The molecule has 0 saturated carbocycles. The van der Waals surface area contributed by atoms with Crippen molar-refractivity contribution < 1.29 is 33.2 Å². The predicted molar refractivity (Wildman–Crippen MR) is 107 cm³/mol. The maximum atomic E-state index is 9.53. The average molecular weight is 404 g/mol. The molecule has 0 aliphatic heterocycles. The van der Waals surface area contributed by atoms with Crippen LogP contribution in [0.15, 0.2) is 22.1 Å². The van der Waals surface area contributed by atoms with Crippen molar-refractivity contribution in [3.63, 3.8) is 0 Å². The van der Waals surface area contributed by atoms with Crippen LogP contribution < -0.4 is 15.3 Å². The van der Waals surface area contributed by atoms with Crippen molar-refractivity contribution in [3.05, 3.63) is 22.1 Å². The van der Waals surface area contributed by atoms with Gasteiger partial charge in [0.1, 0.15) is 0 Å². The zero-order chi connectivity index (χ0) is 21.7. The van der Waals surface area contributed by atoms with Gasteiger partial charge in [-0.2, -0.15) is 0 Å². The second-order valence-corrected chi connectivity index (χ2v) is 16.2. The minimum atomic E-state index is -1.17. The second kappa shape index (κ2) is 15.0. The molecule has 0 fully saturated rings. The summed E-state index contributed by atoms with van der Waals surface area (Å²) in [5.41, 5.74) is 0. The van der Waals surface area contributed by atoms with Crippen molar-refractivity contribution in [2.45, 2.75) is 115 Å². The summed E-state index contributed by atoms with van der Waals surface area (Å²) < 4.78 is 2.82. The van der Waals surface area contributed by atoms with Crippen LogP contribution in [0.4, 0.5) is 0 Å². The fourth-order valence-electron chi connectivity index (χ4n) is 2.72. The zero-order valence-electron chi connectivity index (χ0n) is 19.4. The van der Waals surface area contributed by atoms with Crippen LogP contribution in [-0.2, 0) is 17.9 Å². The van der Waals surface area contributed by atoms with Gasteiger partial charge in [-0.1, -0.05) is 41.5 Å². The third-order valence-electron chi connectivity index (χ3n) is 2.59. The van der Waals surface area contributed by atoms with Crippen molar-refractivity contribution in [1.82, 2.24) is 0 Å². The molecule has 0 aromatic carbocycles. The fraction of sp³-hybridized carbons (Fsp3) is 0.818. The Morgan fingerprint density at radius 2 is 1.00 bits per heavy atom. The topological polar surface area (TPSA) is 69.2 Å². The molecular weight excluding hydrogens is 360 g/mol. The van der Waals surface area contributed by atoms with E-state index in [2.05, 4.69) is 59.8 Å². The average Bonchev–Trinajstić information content (AvgIpc) is 2.74. The van der Waals surface area contributed by atoms with Gasteiger partial charge in [0.25, 0.3) is 0 Å². The summed E-state index contributed by atoms with van der Waals surface area (Å²) in [6.07, 6.45) is 6.90. The normalized spacial score (nSPS) is 13.0. The Labute approximate surface area is 170 Å². The van der Waals surface area contributed by atoms with Gasteiger partial charge in [-0.3, -0.25) is 0 Å². The zero-order valence-corrected chi connectivity index (χ0v) is 21.0. The molecule has 0 N–H and O–H groups in total. The molecule has 0 unspecified atom stereocenters. The van der Waals surface area contributed by atoms with E-state index in [1.54, 1.807) is 45.4 Å². The third-order valence-corrected chi connectivity index (χ3v) is 8.86. The molecule has 3 nitrogen and oxygen atoms in total. The Morgan fingerprint density at radius 1 is 0.731 bits per heavy atom. The van der Waals surface area contributed by atoms with E-state index in [9.17, 15) is 15.3 Å². The Hall–Kier alpha value is 0.0743. The van der Waals surface area contributed by atoms with Crippen LogP contribution in [0.2, 0.25) is 7.44 Å². The summed E-state index contributed by atoms with van der Waals surface area (Å²) in [5.74, 6) is 0. The van der Waals surface area contributed by atoms with Crippen LogP contribution in [0.5, 0.6) is 0 Å². The second-order valence-electron chi connectivity index (χ2n) is 9.35. The molecule has 154 valence electrons. The van der Waals surface area contributed by atoms with Gasteiger partial charge < -0.3 is 15.3 Å². The SMILES string of the molecule is CC(C)[O-].CC(C)[O-].CC(C)[O-].C[C](C)(C)[Ti+3]([C]1=CC=CC1)[C](C)(C)C. The number of hydrogen-bond donors (Lipinski definition) is 0. The molecular formula is C22H44O3Ti. The quantitative estimate of drug-likeness (QED) is 0.617. The number of rotatable bonds is 1. The van der Waals surface area contributed by atoms with Crippen molar-refractivity contribution in [3.8, 4) is 0 Å². The molecule has 0 aromatic rings. The van der Waals surface area contributed by atoms with Crippen molar-refractivity contribution in [1.29, 1.82) is 0 Å². The number of hydrogen-bond acceptors (Lipinski definition) is 3. The standard InChI is InChI=1S/C5H5.2C4H9.3C3H7O.Ti/c1-2-4-5-3-1;2*1-4(2)3;3*1-3(2)4;/h1-3H,4H2;2*1-3H3;3*3H,1-2H3;/q;;;3*-1;+3. The molecule has 0 atom stereocenters. The van der Waals surface area contributed by atoms with Crippen molar-refractivity contribution in [2.75, 3.05) is 0 Å². The Balaban J connectivity index is -0.000000362. The molecule has 4 heteroatoms. The molecule has 0 amide bonds. The van der Waals surface area contributed by atoms with E-state index < -0.39 is 36.2 Å². The van der Waals surface area contributed by atoms with Crippen LogP contribution in [0.3, 0.4) is 0 Å². The maximum absolute atomic E-state index is 9.53. The summed E-state index contributed by atoms with van der Waals surface area (Å²) in [4.78, 5) is 0. The molecule has 0 saturated heterocycles. The van der Waals surface area contributed by atoms with E-state index in [1.165, 1.54) is 6.42 Å². The van der Waals surface area contributed by atoms with E-state index in [1.807, 2.05) is 0 Å². The predicted octanol–water partition coefficient (Wildman–Crippen LogP) is 4.15. The van der Waals surface area contributed by atoms with Gasteiger partial charge in [0.05, 0.1) is 0 Å². The van der Waals surface area contributed by atoms with Crippen molar-refractivity contribution >= 4 is 0 Å². The van der Waals surface area contributed by atoms with Crippen molar-refractivity contribution in [2.24, 2.45) is 0 Å². The monoisotopic (exact) mass is 404 g/mol. The van der Waals surface area contributed by atoms with E-state index >= 15 is 0 Å². The summed E-state index contributed by atoms with van der Waals surface area (Å²) >= 11 is -1.17. The van der Waals surface area contributed by atoms with Gasteiger partial charge in [-0.25, -0.2) is 0 Å². The van der Waals surface area contributed by atoms with E-state index in [0.717, 1.165) is 0 Å².